The van der Waals surface area contributed by atoms with Gasteiger partial charge in [-0.05, 0) is 42.0 Å². The summed E-state index contributed by atoms with van der Waals surface area (Å²) in [5, 5.41) is 6.94. The van der Waals surface area contributed by atoms with Crippen LogP contribution in [-0.4, -0.2) is 27.9 Å². The molecule has 0 aliphatic carbocycles. The number of hydrogen-bond acceptors (Lipinski definition) is 6. The minimum atomic E-state index is 0.719. The predicted molar refractivity (Wildman–Crippen MR) is 106 cm³/mol. The fraction of sp³-hybridized carbons (Fsp3) is 0.105. The number of aromatic nitrogens is 3. The highest BCUT2D eigenvalue weighted by Gasteiger charge is 2.12. The van der Waals surface area contributed by atoms with Gasteiger partial charge in [0, 0.05) is 12.4 Å². The molecule has 4 aromatic rings. The van der Waals surface area contributed by atoms with Crippen LogP contribution >= 0.6 is 11.3 Å². The Kier molecular flexibility index (Phi) is 4.37. The molecule has 0 aliphatic rings. The molecular formula is C19H17N5OS. The molecule has 6 nitrogen and oxygen atoms in total. The van der Waals surface area contributed by atoms with Gasteiger partial charge >= 0.3 is 0 Å². The smallest absolute Gasteiger partial charge is 0.203 e. The number of aryl methyl sites for hydroxylation is 1. The second-order valence-electron chi connectivity index (χ2n) is 5.66. The maximum atomic E-state index is 5.14. The lowest BCUT2D eigenvalue weighted by atomic mass is 10.2. The van der Waals surface area contributed by atoms with Crippen molar-refractivity contribution in [3.05, 3.63) is 59.5 Å². The Balaban J connectivity index is 1.50. The average molecular weight is 363 g/mol. The first-order valence-electron chi connectivity index (χ1n) is 8.05. The van der Waals surface area contributed by atoms with Crippen molar-refractivity contribution in [1.29, 1.82) is 0 Å². The lowest BCUT2D eigenvalue weighted by molar-refractivity contribution is 0.415. The lowest BCUT2D eigenvalue weighted by Crippen LogP contribution is -1.94. The average Bonchev–Trinajstić information content (AvgIpc) is 3.27. The second-order valence-corrected chi connectivity index (χ2v) is 6.52. The molecule has 0 atom stereocenters. The number of imidazole rings is 1. The molecule has 0 saturated carbocycles. The zero-order chi connectivity index (χ0) is 17.9. The molecule has 0 spiro atoms. The summed E-state index contributed by atoms with van der Waals surface area (Å²) >= 11 is 1.49. The van der Waals surface area contributed by atoms with Gasteiger partial charge in [0.1, 0.15) is 11.4 Å². The van der Waals surface area contributed by atoms with Crippen LogP contribution in [0.2, 0.25) is 0 Å². The van der Waals surface area contributed by atoms with Crippen molar-refractivity contribution in [2.75, 3.05) is 12.5 Å². The van der Waals surface area contributed by atoms with Crippen molar-refractivity contribution in [3.8, 4) is 17.3 Å². The highest BCUT2D eigenvalue weighted by molar-refractivity contribution is 7.14. The molecule has 7 heteroatoms. The molecule has 4 rings (SSSR count). The predicted octanol–water partition coefficient (Wildman–Crippen LogP) is 4.15. The van der Waals surface area contributed by atoms with Crippen LogP contribution in [0.1, 0.15) is 5.56 Å². The van der Waals surface area contributed by atoms with Gasteiger partial charge in [0.25, 0.3) is 0 Å². The molecule has 2 aromatic heterocycles. The number of ether oxygens (including phenoxy) is 1. The van der Waals surface area contributed by atoms with Gasteiger partial charge in [0.2, 0.25) is 5.13 Å². The van der Waals surface area contributed by atoms with Gasteiger partial charge in [0.15, 0.2) is 5.82 Å². The van der Waals surface area contributed by atoms with Gasteiger partial charge in [-0.2, -0.15) is 5.10 Å². The summed E-state index contributed by atoms with van der Waals surface area (Å²) in [7, 11) is 3.65. The fourth-order valence-corrected chi connectivity index (χ4v) is 3.29. The van der Waals surface area contributed by atoms with Crippen LogP contribution in [0, 0.1) is 0 Å². The van der Waals surface area contributed by atoms with E-state index in [4.69, 9.17) is 4.74 Å². The van der Waals surface area contributed by atoms with Crippen LogP contribution in [0.25, 0.3) is 22.6 Å². The van der Waals surface area contributed by atoms with Gasteiger partial charge < -0.3 is 9.30 Å². The van der Waals surface area contributed by atoms with Gasteiger partial charge in [-0.3, -0.25) is 5.43 Å². The molecule has 0 saturated heterocycles. The van der Waals surface area contributed by atoms with Crippen LogP contribution in [0.5, 0.6) is 5.75 Å². The Morgan fingerprint density at radius 1 is 1.12 bits per heavy atom. The summed E-state index contributed by atoms with van der Waals surface area (Å²) < 4.78 is 7.19. The Labute approximate surface area is 154 Å². The van der Waals surface area contributed by atoms with Gasteiger partial charge in [-0.15, -0.1) is 11.3 Å². The molecular weight excluding hydrogens is 346 g/mol. The molecule has 0 bridgehead atoms. The molecule has 0 aliphatic heterocycles. The number of methoxy groups -OCH3 is 1. The number of hydrogen-bond donors (Lipinski definition) is 1. The molecule has 2 heterocycles. The van der Waals surface area contributed by atoms with E-state index in [-0.39, 0.29) is 0 Å². The van der Waals surface area contributed by atoms with E-state index >= 15 is 0 Å². The Morgan fingerprint density at radius 2 is 1.92 bits per heavy atom. The first-order valence-corrected chi connectivity index (χ1v) is 8.93. The minimum absolute atomic E-state index is 0.719. The second kappa shape index (κ2) is 6.97. The van der Waals surface area contributed by atoms with Crippen molar-refractivity contribution < 1.29 is 4.74 Å². The quantitative estimate of drug-likeness (QED) is 0.427. The van der Waals surface area contributed by atoms with Crippen LogP contribution in [0.4, 0.5) is 5.13 Å². The summed E-state index contributed by atoms with van der Waals surface area (Å²) in [6.45, 7) is 0. The third-order valence-electron chi connectivity index (χ3n) is 4.01. The molecule has 0 amide bonds. The van der Waals surface area contributed by atoms with Crippen LogP contribution in [-0.2, 0) is 7.05 Å². The standard InChI is InChI=1S/C19H17N5OS/c1-24-17-6-4-3-5-15(17)21-18(24)16-12-26-19(22-16)23-20-11-13-7-9-14(25-2)10-8-13/h3-12H,1-2H3,(H,22,23)/b20-11-. The summed E-state index contributed by atoms with van der Waals surface area (Å²) in [6, 6.07) is 15.7. The van der Waals surface area contributed by atoms with E-state index in [9.17, 15) is 0 Å². The van der Waals surface area contributed by atoms with Crippen molar-refractivity contribution in [2.24, 2.45) is 12.1 Å². The van der Waals surface area contributed by atoms with E-state index in [0.29, 0.717) is 0 Å². The maximum absolute atomic E-state index is 5.14. The van der Waals surface area contributed by atoms with E-state index in [2.05, 4.69) is 31.1 Å². The number of nitrogens with one attached hydrogen (secondary N) is 1. The number of nitrogens with zero attached hydrogens (tertiary/aromatic N) is 4. The van der Waals surface area contributed by atoms with Gasteiger partial charge in [0.05, 0.1) is 24.4 Å². The monoisotopic (exact) mass is 363 g/mol. The number of thiazole rings is 1. The van der Waals surface area contributed by atoms with Crippen LogP contribution < -0.4 is 10.2 Å². The van der Waals surface area contributed by atoms with Gasteiger partial charge in [-0.1, -0.05) is 12.1 Å². The largest absolute Gasteiger partial charge is 0.497 e. The maximum Gasteiger partial charge on any atom is 0.203 e. The highest BCUT2D eigenvalue weighted by Crippen LogP contribution is 2.26. The Hall–Kier alpha value is -3.19. The van der Waals surface area contributed by atoms with E-state index in [1.54, 1.807) is 13.3 Å². The topological polar surface area (TPSA) is 64.3 Å². The Bertz CT molecular complexity index is 1070. The minimum Gasteiger partial charge on any atom is -0.497 e. The number of hydrazone groups is 1. The lowest BCUT2D eigenvalue weighted by Gasteiger charge is -1.99. The van der Waals surface area contributed by atoms with E-state index in [1.807, 2.05) is 54.9 Å². The van der Waals surface area contributed by atoms with Crippen molar-refractivity contribution in [1.82, 2.24) is 14.5 Å². The molecule has 1 N–H and O–H groups in total. The van der Waals surface area contributed by atoms with Gasteiger partial charge in [-0.25, -0.2) is 9.97 Å². The molecule has 0 unspecified atom stereocenters. The third kappa shape index (κ3) is 3.16. The van der Waals surface area contributed by atoms with Crippen molar-refractivity contribution >= 4 is 33.7 Å². The fourth-order valence-electron chi connectivity index (χ4n) is 2.65. The first-order chi connectivity index (χ1) is 12.7. The zero-order valence-electron chi connectivity index (χ0n) is 14.4. The number of fused-ring (bicyclic) bond motifs is 1. The van der Waals surface area contributed by atoms with E-state index in [1.165, 1.54) is 11.3 Å². The summed E-state index contributed by atoms with van der Waals surface area (Å²) in [4.78, 5) is 9.25. The molecule has 130 valence electrons. The highest BCUT2D eigenvalue weighted by atomic mass is 32.1. The first kappa shape index (κ1) is 16.3. The summed E-state index contributed by atoms with van der Waals surface area (Å²) in [5.41, 5.74) is 6.83. The summed E-state index contributed by atoms with van der Waals surface area (Å²) in [6.07, 6.45) is 1.75. The molecule has 0 fully saturated rings. The van der Waals surface area contributed by atoms with Crippen LogP contribution in [0.15, 0.2) is 59.0 Å². The zero-order valence-corrected chi connectivity index (χ0v) is 15.2. The third-order valence-corrected chi connectivity index (χ3v) is 4.76. The Morgan fingerprint density at radius 3 is 2.69 bits per heavy atom. The number of rotatable bonds is 5. The summed E-state index contributed by atoms with van der Waals surface area (Å²) in [5.74, 6) is 1.66. The van der Waals surface area contributed by atoms with E-state index in [0.717, 1.165) is 39.0 Å². The number of anilines is 1. The van der Waals surface area contributed by atoms with E-state index < -0.39 is 0 Å². The normalized spacial score (nSPS) is 11.3. The molecule has 2 aromatic carbocycles. The number of para-hydroxylation sites is 2. The SMILES string of the molecule is COc1ccc(/C=N\Nc2nc(-c3nc4ccccc4n3C)cs2)cc1. The van der Waals surface area contributed by atoms with Crippen molar-refractivity contribution in [3.63, 3.8) is 0 Å². The number of benzene rings is 2. The molecule has 26 heavy (non-hydrogen) atoms. The molecule has 0 radical (unpaired) electrons. The van der Waals surface area contributed by atoms with Crippen LogP contribution in [0.3, 0.4) is 0 Å². The van der Waals surface area contributed by atoms with Crippen molar-refractivity contribution in [2.45, 2.75) is 0 Å².